The number of hydrogen-bond donors (Lipinski definition) is 0. The summed E-state index contributed by atoms with van der Waals surface area (Å²) in [6.45, 7) is 0. The predicted molar refractivity (Wildman–Crippen MR) is 156 cm³/mol. The van der Waals surface area contributed by atoms with Gasteiger partial charge < -0.3 is 4.57 Å². The first-order valence-corrected chi connectivity index (χ1v) is 12.6. The van der Waals surface area contributed by atoms with Crippen molar-refractivity contribution in [1.82, 2.24) is 24.5 Å². The van der Waals surface area contributed by atoms with Crippen LogP contribution >= 0.6 is 0 Å². The lowest BCUT2D eigenvalue weighted by atomic mass is 9.95. The number of rotatable bonds is 4. The van der Waals surface area contributed by atoms with Crippen LogP contribution in [-0.4, -0.2) is 32.3 Å². The third kappa shape index (κ3) is 3.83. The molecule has 0 unspecified atom stereocenters. The number of nitrogens with zero attached hydrogens (tertiary/aromatic N) is 5. The number of benzene rings is 4. The zero-order valence-electron chi connectivity index (χ0n) is 20.8. The van der Waals surface area contributed by atoms with Crippen LogP contribution in [0.3, 0.4) is 0 Å². The Morgan fingerprint density at radius 1 is 0.526 bits per heavy atom. The minimum atomic E-state index is 0.634. The second kappa shape index (κ2) is 9.09. The molecule has 0 aliphatic heterocycles. The van der Waals surface area contributed by atoms with E-state index in [2.05, 4.69) is 60.9 Å². The van der Waals surface area contributed by atoms with Crippen molar-refractivity contribution < 1.29 is 0 Å². The van der Waals surface area contributed by atoms with Crippen LogP contribution in [0.2, 0.25) is 0 Å². The maximum absolute atomic E-state index is 4.91. The first kappa shape index (κ1) is 22.1. The fourth-order valence-electron chi connectivity index (χ4n) is 4.95. The van der Waals surface area contributed by atoms with Crippen molar-refractivity contribution >= 4 is 35.2 Å². The fraction of sp³-hybridized carbons (Fsp3) is 0. The Morgan fingerprint density at radius 3 is 1.84 bits per heavy atom. The van der Waals surface area contributed by atoms with Crippen molar-refractivity contribution in [2.24, 2.45) is 0 Å². The Morgan fingerprint density at radius 2 is 1.16 bits per heavy atom. The van der Waals surface area contributed by atoms with Gasteiger partial charge in [-0.1, -0.05) is 90.4 Å². The van der Waals surface area contributed by atoms with Gasteiger partial charge in [0.1, 0.15) is 7.85 Å². The molecule has 5 nitrogen and oxygen atoms in total. The summed E-state index contributed by atoms with van der Waals surface area (Å²) in [4.78, 5) is 19.4. The van der Waals surface area contributed by atoms with Gasteiger partial charge in [0.15, 0.2) is 17.5 Å². The van der Waals surface area contributed by atoms with Gasteiger partial charge in [0.25, 0.3) is 0 Å². The normalized spacial score (nSPS) is 11.3. The molecule has 7 rings (SSSR count). The topological polar surface area (TPSA) is 56.5 Å². The molecule has 7 aromatic rings. The van der Waals surface area contributed by atoms with Crippen LogP contribution in [0, 0.1) is 0 Å². The smallest absolute Gasteiger partial charge is 0.164 e. The zero-order chi connectivity index (χ0) is 25.5. The van der Waals surface area contributed by atoms with Crippen molar-refractivity contribution in [3.8, 4) is 39.9 Å². The average molecular weight is 487 g/mol. The lowest BCUT2D eigenvalue weighted by molar-refractivity contribution is 1.07. The van der Waals surface area contributed by atoms with Crippen LogP contribution in [0.25, 0.3) is 61.8 Å². The average Bonchev–Trinajstić information content (AvgIpc) is 3.31. The van der Waals surface area contributed by atoms with Crippen LogP contribution < -0.4 is 5.46 Å². The largest absolute Gasteiger partial charge is 0.308 e. The third-order valence-corrected chi connectivity index (χ3v) is 6.74. The van der Waals surface area contributed by atoms with E-state index in [4.69, 9.17) is 19.9 Å². The second-order valence-corrected chi connectivity index (χ2v) is 9.32. The van der Waals surface area contributed by atoms with E-state index in [1.54, 1.807) is 0 Å². The molecule has 0 saturated heterocycles. The zero-order valence-corrected chi connectivity index (χ0v) is 20.8. The Hall–Kier alpha value is -5.10. The van der Waals surface area contributed by atoms with E-state index in [-0.39, 0.29) is 0 Å². The Labute approximate surface area is 220 Å². The molecule has 0 aliphatic carbocycles. The molecule has 0 bridgehead atoms. The number of hydrogen-bond acceptors (Lipinski definition) is 4. The van der Waals surface area contributed by atoms with Gasteiger partial charge in [0.05, 0.1) is 16.6 Å². The second-order valence-electron chi connectivity index (χ2n) is 9.32. The van der Waals surface area contributed by atoms with E-state index >= 15 is 0 Å². The highest BCUT2D eigenvalue weighted by atomic mass is 15.0. The molecular weight excluding hydrogens is 465 g/mol. The first-order valence-electron chi connectivity index (χ1n) is 12.6. The number of pyridine rings is 1. The fourth-order valence-corrected chi connectivity index (χ4v) is 4.95. The lowest BCUT2D eigenvalue weighted by Crippen LogP contribution is -2.02. The summed E-state index contributed by atoms with van der Waals surface area (Å²) < 4.78 is 2.26. The van der Waals surface area contributed by atoms with Crippen LogP contribution in [0.1, 0.15) is 0 Å². The molecule has 3 aromatic heterocycles. The third-order valence-electron chi connectivity index (χ3n) is 6.74. The molecule has 0 atom stereocenters. The molecule has 0 N–H and O–H groups in total. The van der Waals surface area contributed by atoms with E-state index < -0.39 is 0 Å². The standard InChI is InChI=1S/C32H22BN5/c33-24-16-17-27-26(20-24)29-28(15-8-18-34-29)38(27)25-14-7-13-23(19-25)32-36-30(21-9-3-1-4-10-21)35-31(37-32)22-11-5-2-6-12-22/h1-20H,33H2. The molecule has 178 valence electrons. The van der Waals surface area contributed by atoms with Crippen LogP contribution in [-0.2, 0) is 0 Å². The molecule has 38 heavy (non-hydrogen) atoms. The molecule has 0 saturated carbocycles. The Kier molecular flexibility index (Phi) is 5.29. The van der Waals surface area contributed by atoms with E-state index in [1.807, 2.05) is 72.9 Å². The van der Waals surface area contributed by atoms with Gasteiger partial charge in [0.2, 0.25) is 0 Å². The summed E-state index contributed by atoms with van der Waals surface area (Å²) in [6, 6.07) is 39.1. The first-order chi connectivity index (χ1) is 18.7. The van der Waals surface area contributed by atoms with Gasteiger partial charge in [0, 0.05) is 34.0 Å². The molecule has 0 radical (unpaired) electrons. The Balaban J connectivity index is 1.44. The molecule has 0 aliphatic rings. The van der Waals surface area contributed by atoms with Gasteiger partial charge in [-0.15, -0.1) is 0 Å². The summed E-state index contributed by atoms with van der Waals surface area (Å²) >= 11 is 0. The van der Waals surface area contributed by atoms with Crippen molar-refractivity contribution in [1.29, 1.82) is 0 Å². The maximum Gasteiger partial charge on any atom is 0.164 e. The van der Waals surface area contributed by atoms with E-state index in [0.717, 1.165) is 44.3 Å². The number of fused-ring (bicyclic) bond motifs is 3. The molecular formula is C32H22BN5. The van der Waals surface area contributed by atoms with Gasteiger partial charge >= 0.3 is 0 Å². The molecule has 6 heteroatoms. The summed E-state index contributed by atoms with van der Waals surface area (Å²) in [6.07, 6.45) is 1.85. The van der Waals surface area contributed by atoms with Crippen molar-refractivity contribution in [2.45, 2.75) is 0 Å². The van der Waals surface area contributed by atoms with Gasteiger partial charge in [-0.05, 0) is 30.3 Å². The summed E-state index contributed by atoms with van der Waals surface area (Å²) in [7, 11) is 2.11. The predicted octanol–water partition coefficient (Wildman–Crippen LogP) is 5.62. The highest BCUT2D eigenvalue weighted by Crippen LogP contribution is 2.32. The van der Waals surface area contributed by atoms with Gasteiger partial charge in [-0.2, -0.15) is 0 Å². The van der Waals surface area contributed by atoms with E-state index in [0.29, 0.717) is 17.5 Å². The summed E-state index contributed by atoms with van der Waals surface area (Å²) in [5.74, 6) is 1.93. The number of aromatic nitrogens is 5. The minimum Gasteiger partial charge on any atom is -0.308 e. The van der Waals surface area contributed by atoms with Gasteiger partial charge in [-0.3, -0.25) is 4.98 Å². The van der Waals surface area contributed by atoms with Crippen LogP contribution in [0.15, 0.2) is 121 Å². The van der Waals surface area contributed by atoms with Crippen molar-refractivity contribution in [2.75, 3.05) is 0 Å². The lowest BCUT2D eigenvalue weighted by Gasteiger charge is -2.11. The SMILES string of the molecule is Bc1ccc2c(c1)c1ncccc1n2-c1cccc(-c2nc(-c3ccccc3)nc(-c3ccccc3)n2)c1. The van der Waals surface area contributed by atoms with Crippen molar-refractivity contribution in [3.63, 3.8) is 0 Å². The minimum absolute atomic E-state index is 0.634. The summed E-state index contributed by atoms with van der Waals surface area (Å²) in [5.41, 5.74) is 8.25. The molecule has 4 aromatic carbocycles. The van der Waals surface area contributed by atoms with Crippen LogP contribution in [0.5, 0.6) is 0 Å². The van der Waals surface area contributed by atoms with Gasteiger partial charge in [-0.25, -0.2) is 15.0 Å². The van der Waals surface area contributed by atoms with E-state index in [1.165, 1.54) is 5.46 Å². The summed E-state index contributed by atoms with van der Waals surface area (Å²) in [5, 5.41) is 1.14. The maximum atomic E-state index is 4.91. The monoisotopic (exact) mass is 487 g/mol. The molecule has 0 amide bonds. The quantitative estimate of drug-likeness (QED) is 0.303. The Bertz CT molecular complexity index is 1870. The highest BCUT2D eigenvalue weighted by molar-refractivity contribution is 6.33. The molecule has 0 spiro atoms. The molecule has 0 fully saturated rings. The van der Waals surface area contributed by atoms with Crippen molar-refractivity contribution in [3.05, 3.63) is 121 Å². The van der Waals surface area contributed by atoms with E-state index in [9.17, 15) is 0 Å². The highest BCUT2D eigenvalue weighted by Gasteiger charge is 2.16. The molecule has 3 heterocycles. The van der Waals surface area contributed by atoms with Crippen LogP contribution in [0.4, 0.5) is 0 Å².